The van der Waals surface area contributed by atoms with Gasteiger partial charge in [0.1, 0.15) is 0 Å². The summed E-state index contributed by atoms with van der Waals surface area (Å²) in [4.78, 5) is 0. The summed E-state index contributed by atoms with van der Waals surface area (Å²) >= 11 is 5.74. The van der Waals surface area contributed by atoms with E-state index in [0.717, 1.165) is 19.3 Å². The Balaban J connectivity index is 2.09. The van der Waals surface area contributed by atoms with Gasteiger partial charge >= 0.3 is 6.18 Å². The Kier molecular flexibility index (Phi) is 4.07. The lowest BCUT2D eigenvalue weighted by atomic mass is 9.78. The first-order chi connectivity index (χ1) is 6.47. The number of nitrogens with one attached hydrogen (secondary N) is 1. The van der Waals surface area contributed by atoms with Crippen LogP contribution >= 0.6 is 11.6 Å². The second-order valence-corrected chi connectivity index (χ2v) is 4.18. The van der Waals surface area contributed by atoms with Gasteiger partial charge in [0.15, 0.2) is 0 Å². The zero-order valence-corrected chi connectivity index (χ0v) is 8.72. The smallest absolute Gasteiger partial charge is 0.310 e. The van der Waals surface area contributed by atoms with E-state index in [4.69, 9.17) is 11.6 Å². The summed E-state index contributed by atoms with van der Waals surface area (Å²) in [6.07, 6.45) is -1.50. The number of rotatable bonds is 5. The first kappa shape index (κ1) is 12.1. The van der Waals surface area contributed by atoms with Crippen LogP contribution in [0.25, 0.3) is 0 Å². The van der Waals surface area contributed by atoms with E-state index in [1.54, 1.807) is 0 Å². The molecule has 1 aliphatic carbocycles. The van der Waals surface area contributed by atoms with Crippen LogP contribution in [-0.4, -0.2) is 24.1 Å². The highest BCUT2D eigenvalue weighted by Gasteiger charge is 2.35. The van der Waals surface area contributed by atoms with Crippen LogP contribution in [0.4, 0.5) is 13.2 Å². The highest BCUT2D eigenvalue weighted by Crippen LogP contribution is 2.33. The minimum absolute atomic E-state index is 0.0623. The maximum Gasteiger partial charge on any atom is 0.389 e. The molecule has 0 atom stereocenters. The fourth-order valence-electron chi connectivity index (χ4n) is 1.60. The van der Waals surface area contributed by atoms with Gasteiger partial charge in [-0.25, -0.2) is 0 Å². The molecule has 0 saturated heterocycles. The average molecular weight is 230 g/mol. The van der Waals surface area contributed by atoms with Crippen LogP contribution < -0.4 is 5.32 Å². The van der Waals surface area contributed by atoms with Crippen molar-refractivity contribution in [2.45, 2.75) is 43.8 Å². The fraction of sp³-hybridized carbons (Fsp3) is 1.00. The Morgan fingerprint density at radius 3 is 2.29 bits per heavy atom. The molecule has 0 aromatic carbocycles. The van der Waals surface area contributed by atoms with Crippen molar-refractivity contribution in [3.05, 3.63) is 0 Å². The molecule has 0 heterocycles. The zero-order valence-electron chi connectivity index (χ0n) is 7.96. The topological polar surface area (TPSA) is 12.0 Å². The van der Waals surface area contributed by atoms with Crippen molar-refractivity contribution >= 4 is 11.6 Å². The molecule has 1 rings (SSSR count). The molecule has 0 radical (unpaired) electrons. The minimum Gasteiger partial charge on any atom is -0.310 e. The Hall–Kier alpha value is 0.0400. The summed E-state index contributed by atoms with van der Waals surface area (Å²) in [7, 11) is 0. The SMILES string of the molecule is FC(F)(F)CCCNC1(CCl)CCC1. The van der Waals surface area contributed by atoms with Crippen LogP contribution in [0.5, 0.6) is 0 Å². The molecule has 14 heavy (non-hydrogen) atoms. The molecule has 84 valence electrons. The van der Waals surface area contributed by atoms with Gasteiger partial charge in [0.2, 0.25) is 0 Å². The number of hydrogen-bond acceptors (Lipinski definition) is 1. The molecule has 1 fully saturated rings. The first-order valence-electron chi connectivity index (χ1n) is 4.85. The minimum atomic E-state index is -4.03. The molecular formula is C9H15ClF3N. The lowest BCUT2D eigenvalue weighted by molar-refractivity contribution is -0.135. The summed E-state index contributed by atoms with van der Waals surface area (Å²) < 4.78 is 35.4. The van der Waals surface area contributed by atoms with Gasteiger partial charge in [-0.3, -0.25) is 0 Å². The lowest BCUT2D eigenvalue weighted by Gasteiger charge is -2.41. The van der Waals surface area contributed by atoms with Crippen LogP contribution in [-0.2, 0) is 0 Å². The fourth-order valence-corrected chi connectivity index (χ4v) is 1.97. The van der Waals surface area contributed by atoms with E-state index in [1.807, 2.05) is 0 Å². The van der Waals surface area contributed by atoms with Crippen LogP contribution in [0.2, 0.25) is 0 Å². The van der Waals surface area contributed by atoms with Crippen molar-refractivity contribution in [2.24, 2.45) is 0 Å². The Labute approximate surface area is 87.0 Å². The maximum absolute atomic E-state index is 11.8. The predicted molar refractivity (Wildman–Crippen MR) is 50.6 cm³/mol. The van der Waals surface area contributed by atoms with Gasteiger partial charge in [-0.2, -0.15) is 13.2 Å². The van der Waals surface area contributed by atoms with Gasteiger partial charge in [0.05, 0.1) is 0 Å². The highest BCUT2D eigenvalue weighted by molar-refractivity contribution is 6.18. The van der Waals surface area contributed by atoms with Crippen LogP contribution in [0.3, 0.4) is 0 Å². The summed E-state index contributed by atoms with van der Waals surface area (Å²) in [5, 5.41) is 3.12. The largest absolute Gasteiger partial charge is 0.389 e. The van der Waals surface area contributed by atoms with Gasteiger partial charge in [-0.15, -0.1) is 11.6 Å². The quantitative estimate of drug-likeness (QED) is 0.564. The summed E-state index contributed by atoms with van der Waals surface area (Å²) in [6, 6.07) is 0. The molecule has 0 bridgehead atoms. The van der Waals surface area contributed by atoms with E-state index in [9.17, 15) is 13.2 Å². The van der Waals surface area contributed by atoms with Crippen molar-refractivity contribution in [2.75, 3.05) is 12.4 Å². The van der Waals surface area contributed by atoms with E-state index in [2.05, 4.69) is 5.32 Å². The normalized spacial score (nSPS) is 20.6. The average Bonchev–Trinajstić information content (AvgIpc) is 2.00. The van der Waals surface area contributed by atoms with E-state index in [-0.39, 0.29) is 12.0 Å². The van der Waals surface area contributed by atoms with Crippen molar-refractivity contribution in [1.29, 1.82) is 0 Å². The maximum atomic E-state index is 11.8. The summed E-state index contributed by atoms with van der Waals surface area (Å²) in [5.41, 5.74) is -0.0623. The molecule has 1 N–H and O–H groups in total. The number of halogens is 4. The van der Waals surface area contributed by atoms with Crippen molar-refractivity contribution in [3.63, 3.8) is 0 Å². The van der Waals surface area contributed by atoms with Gasteiger partial charge in [0, 0.05) is 17.8 Å². The highest BCUT2D eigenvalue weighted by atomic mass is 35.5. The lowest BCUT2D eigenvalue weighted by Crippen LogP contribution is -2.52. The molecule has 1 nitrogen and oxygen atoms in total. The van der Waals surface area contributed by atoms with E-state index < -0.39 is 12.6 Å². The van der Waals surface area contributed by atoms with Crippen LogP contribution in [0, 0.1) is 0 Å². The first-order valence-corrected chi connectivity index (χ1v) is 5.39. The van der Waals surface area contributed by atoms with E-state index >= 15 is 0 Å². The molecule has 1 saturated carbocycles. The van der Waals surface area contributed by atoms with Crippen LogP contribution in [0.15, 0.2) is 0 Å². The standard InChI is InChI=1S/C9H15ClF3N/c10-7-8(3-1-4-8)14-6-2-5-9(11,12)13/h14H,1-7H2. The number of alkyl halides is 4. The Bertz CT molecular complexity index is 172. The van der Waals surface area contributed by atoms with Crippen molar-refractivity contribution in [3.8, 4) is 0 Å². The van der Waals surface area contributed by atoms with Crippen molar-refractivity contribution in [1.82, 2.24) is 5.32 Å². The third-order valence-corrected chi connectivity index (χ3v) is 3.22. The monoisotopic (exact) mass is 229 g/mol. The van der Waals surface area contributed by atoms with Gasteiger partial charge in [-0.05, 0) is 32.2 Å². The van der Waals surface area contributed by atoms with Gasteiger partial charge < -0.3 is 5.32 Å². The molecule has 0 aliphatic heterocycles. The molecular weight excluding hydrogens is 215 g/mol. The summed E-state index contributed by atoms with van der Waals surface area (Å²) in [6.45, 7) is 0.409. The molecule has 0 aromatic rings. The van der Waals surface area contributed by atoms with Gasteiger partial charge in [-0.1, -0.05) is 0 Å². The second kappa shape index (κ2) is 4.71. The Morgan fingerprint density at radius 1 is 1.29 bits per heavy atom. The third-order valence-electron chi connectivity index (χ3n) is 2.70. The van der Waals surface area contributed by atoms with Gasteiger partial charge in [0.25, 0.3) is 0 Å². The molecule has 1 aliphatic rings. The molecule has 5 heteroatoms. The van der Waals surface area contributed by atoms with E-state index in [0.29, 0.717) is 12.4 Å². The van der Waals surface area contributed by atoms with Crippen LogP contribution in [0.1, 0.15) is 32.1 Å². The van der Waals surface area contributed by atoms with Crippen molar-refractivity contribution < 1.29 is 13.2 Å². The molecule has 0 unspecified atom stereocenters. The molecule has 0 aromatic heterocycles. The predicted octanol–water partition coefficient (Wildman–Crippen LogP) is 3.08. The molecule has 0 spiro atoms. The second-order valence-electron chi connectivity index (χ2n) is 3.91. The Morgan fingerprint density at radius 2 is 1.93 bits per heavy atom. The zero-order chi connectivity index (χ0) is 10.7. The number of hydrogen-bond donors (Lipinski definition) is 1. The van der Waals surface area contributed by atoms with E-state index in [1.165, 1.54) is 0 Å². The molecule has 0 amide bonds. The third kappa shape index (κ3) is 3.65. The summed E-state index contributed by atoms with van der Waals surface area (Å²) in [5.74, 6) is 0.499.